The number of pyridine rings is 1. The first-order valence-corrected chi connectivity index (χ1v) is 12.4. The molecule has 1 aromatic heterocycles. The molecule has 1 aliphatic rings. The number of benzene rings is 5. The molecule has 0 radical (unpaired) electrons. The molecule has 0 spiro atoms. The third-order valence-electron chi connectivity index (χ3n) is 6.98. The van der Waals surface area contributed by atoms with E-state index in [9.17, 15) is 0 Å². The van der Waals surface area contributed by atoms with Gasteiger partial charge in [0.15, 0.2) is 0 Å². The summed E-state index contributed by atoms with van der Waals surface area (Å²) in [5.41, 5.74) is 5.44. The third-order valence-corrected chi connectivity index (χ3v) is 6.98. The van der Waals surface area contributed by atoms with Crippen LogP contribution in [-0.4, -0.2) is 11.5 Å². The maximum absolute atomic E-state index is 4.52. The summed E-state index contributed by atoms with van der Waals surface area (Å²) in [5.74, 6) is 0. The van der Waals surface area contributed by atoms with Gasteiger partial charge in [0, 0.05) is 28.4 Å². The van der Waals surface area contributed by atoms with Gasteiger partial charge in [0.2, 0.25) is 0 Å². The lowest BCUT2D eigenvalue weighted by atomic mass is 9.90. The Labute approximate surface area is 206 Å². The molecule has 5 aromatic carbocycles. The molecule has 0 bridgehead atoms. The number of hydrogen-bond donors (Lipinski definition) is 1. The number of hydrogen-bond acceptors (Lipinski definition) is 2. The zero-order chi connectivity index (χ0) is 23.5. The lowest BCUT2D eigenvalue weighted by Gasteiger charge is -2.27. The van der Waals surface area contributed by atoms with Crippen molar-refractivity contribution in [1.29, 1.82) is 0 Å². The Kier molecular flexibility index (Phi) is 5.96. The molecule has 1 aliphatic heterocycles. The van der Waals surface area contributed by atoms with Gasteiger partial charge in [-0.1, -0.05) is 109 Å². The van der Waals surface area contributed by atoms with Crippen molar-refractivity contribution in [3.63, 3.8) is 0 Å². The highest BCUT2D eigenvalue weighted by Gasteiger charge is 2.18. The van der Waals surface area contributed by atoms with Gasteiger partial charge >= 0.3 is 0 Å². The summed E-state index contributed by atoms with van der Waals surface area (Å²) in [6, 6.07) is 41.1. The molecule has 170 valence electrons. The molecule has 2 nitrogen and oxygen atoms in total. The molecule has 0 amide bonds. The van der Waals surface area contributed by atoms with E-state index in [4.69, 9.17) is 0 Å². The van der Waals surface area contributed by atoms with Gasteiger partial charge in [-0.2, -0.15) is 0 Å². The maximum Gasteiger partial charge on any atom is 0.0708 e. The van der Waals surface area contributed by atoms with Gasteiger partial charge < -0.3 is 5.32 Å². The quantitative estimate of drug-likeness (QED) is 0.273. The van der Waals surface area contributed by atoms with Gasteiger partial charge in [-0.05, 0) is 52.9 Å². The predicted octanol–water partition coefficient (Wildman–Crippen LogP) is 7.66. The van der Waals surface area contributed by atoms with Crippen molar-refractivity contribution >= 4 is 32.4 Å². The molecular formula is C33H28N2. The van der Waals surface area contributed by atoms with Crippen LogP contribution in [0.3, 0.4) is 0 Å². The third kappa shape index (κ3) is 4.41. The largest absolute Gasteiger partial charge is 0.309 e. The average molecular weight is 453 g/mol. The fraction of sp³-hybridized carbons (Fsp3) is 0.121. The Balaban J connectivity index is 0.000000131. The first-order chi connectivity index (χ1) is 17.4. The van der Waals surface area contributed by atoms with Crippen LogP contribution in [0.1, 0.15) is 22.7 Å². The van der Waals surface area contributed by atoms with E-state index in [-0.39, 0.29) is 0 Å². The van der Waals surface area contributed by atoms with Gasteiger partial charge in [0.25, 0.3) is 0 Å². The minimum absolute atomic E-state index is 0.474. The minimum Gasteiger partial charge on any atom is -0.309 e. The molecule has 0 saturated carbocycles. The van der Waals surface area contributed by atoms with Gasteiger partial charge in [-0.25, -0.2) is 0 Å². The number of fused-ring (bicyclic) bond motifs is 6. The van der Waals surface area contributed by atoms with Crippen LogP contribution in [-0.2, 0) is 12.8 Å². The fourth-order valence-electron chi connectivity index (χ4n) is 5.26. The molecule has 1 N–H and O–H groups in total. The Morgan fingerprint density at radius 1 is 0.657 bits per heavy atom. The van der Waals surface area contributed by atoms with E-state index in [1.54, 1.807) is 0 Å². The number of para-hydroxylation sites is 1. The Bertz CT molecular complexity index is 1530. The molecule has 7 rings (SSSR count). The van der Waals surface area contributed by atoms with Gasteiger partial charge in [-0.15, -0.1) is 0 Å². The van der Waals surface area contributed by atoms with Crippen molar-refractivity contribution in [3.8, 4) is 0 Å². The van der Waals surface area contributed by atoms with Crippen molar-refractivity contribution in [2.24, 2.45) is 0 Å². The van der Waals surface area contributed by atoms with Crippen molar-refractivity contribution in [2.45, 2.75) is 18.9 Å². The lowest BCUT2D eigenvalue weighted by Crippen LogP contribution is -2.31. The van der Waals surface area contributed by atoms with Gasteiger partial charge in [0.05, 0.1) is 5.52 Å². The first-order valence-electron chi connectivity index (χ1n) is 12.4. The lowest BCUT2D eigenvalue weighted by molar-refractivity contribution is 0.502. The summed E-state index contributed by atoms with van der Waals surface area (Å²) in [5, 5.41) is 9.94. The Morgan fingerprint density at radius 3 is 2.29 bits per heavy atom. The smallest absolute Gasteiger partial charge is 0.0708 e. The topological polar surface area (TPSA) is 24.9 Å². The van der Waals surface area contributed by atoms with E-state index < -0.39 is 0 Å². The molecule has 35 heavy (non-hydrogen) atoms. The van der Waals surface area contributed by atoms with Crippen LogP contribution in [0.2, 0.25) is 0 Å². The number of rotatable bonds is 2. The second kappa shape index (κ2) is 9.69. The number of nitrogens with zero attached hydrogens (tertiary/aromatic N) is 1. The molecule has 1 atom stereocenters. The summed E-state index contributed by atoms with van der Waals surface area (Å²) in [7, 11) is 0. The van der Waals surface area contributed by atoms with Crippen LogP contribution in [0.5, 0.6) is 0 Å². The second-order valence-electron chi connectivity index (χ2n) is 9.17. The van der Waals surface area contributed by atoms with E-state index in [0.717, 1.165) is 24.9 Å². The van der Waals surface area contributed by atoms with Crippen LogP contribution >= 0.6 is 0 Å². The van der Waals surface area contributed by atoms with Gasteiger partial charge in [-0.3, -0.25) is 4.98 Å². The second-order valence-corrected chi connectivity index (χ2v) is 9.17. The molecule has 2 heterocycles. The Morgan fingerprint density at radius 2 is 1.37 bits per heavy atom. The standard InChI is InChI=1S/C17H11N.C16H17N/c1-2-6-14-12(5-1)9-10-13-11-18-16-8-4-3-7-15(16)17(13)14;1-2-6-13(7-3-1)12-16-15-9-5-4-8-14(15)10-11-17-16/h1-11H;1-9,16-17H,10-12H2. The molecule has 0 aliphatic carbocycles. The summed E-state index contributed by atoms with van der Waals surface area (Å²) in [6.45, 7) is 1.09. The van der Waals surface area contributed by atoms with E-state index in [2.05, 4.69) is 119 Å². The van der Waals surface area contributed by atoms with E-state index in [1.807, 2.05) is 12.3 Å². The van der Waals surface area contributed by atoms with E-state index in [0.29, 0.717) is 6.04 Å². The van der Waals surface area contributed by atoms with Crippen molar-refractivity contribution < 1.29 is 0 Å². The molecule has 0 saturated heterocycles. The zero-order valence-electron chi connectivity index (χ0n) is 19.7. The van der Waals surface area contributed by atoms with Crippen molar-refractivity contribution in [2.75, 3.05) is 6.54 Å². The van der Waals surface area contributed by atoms with Crippen LogP contribution in [0, 0.1) is 0 Å². The summed E-state index contributed by atoms with van der Waals surface area (Å²) < 4.78 is 0. The molecule has 2 heteroatoms. The average Bonchev–Trinajstić information content (AvgIpc) is 2.94. The van der Waals surface area contributed by atoms with Crippen molar-refractivity contribution in [3.05, 3.63) is 138 Å². The maximum atomic E-state index is 4.52. The van der Waals surface area contributed by atoms with E-state index in [1.165, 1.54) is 43.6 Å². The molecule has 6 aromatic rings. The number of aromatic nitrogens is 1. The normalized spacial score (nSPS) is 14.9. The van der Waals surface area contributed by atoms with E-state index >= 15 is 0 Å². The summed E-state index contributed by atoms with van der Waals surface area (Å²) in [4.78, 5) is 4.52. The highest BCUT2D eigenvalue weighted by molar-refractivity contribution is 6.18. The van der Waals surface area contributed by atoms with Gasteiger partial charge in [0.1, 0.15) is 0 Å². The molecule has 1 unspecified atom stereocenters. The highest BCUT2D eigenvalue weighted by Crippen LogP contribution is 2.30. The zero-order valence-corrected chi connectivity index (χ0v) is 19.7. The number of nitrogens with one attached hydrogen (secondary N) is 1. The predicted molar refractivity (Wildman–Crippen MR) is 148 cm³/mol. The summed E-state index contributed by atoms with van der Waals surface area (Å²) >= 11 is 0. The molecular weight excluding hydrogens is 424 g/mol. The highest BCUT2D eigenvalue weighted by atomic mass is 14.9. The minimum atomic E-state index is 0.474. The van der Waals surface area contributed by atoms with Crippen LogP contribution in [0.15, 0.2) is 121 Å². The SMILES string of the molecule is c1ccc(CC2NCCc3ccccc32)cc1.c1ccc2c(c1)ccc1cnc3ccccc3c12. The van der Waals surface area contributed by atoms with Crippen LogP contribution in [0.25, 0.3) is 32.4 Å². The van der Waals surface area contributed by atoms with Crippen LogP contribution in [0.4, 0.5) is 0 Å². The van der Waals surface area contributed by atoms with Crippen LogP contribution < -0.4 is 5.32 Å². The molecule has 0 fully saturated rings. The van der Waals surface area contributed by atoms with Crippen molar-refractivity contribution in [1.82, 2.24) is 10.3 Å². The Hall–Kier alpha value is -4.01. The monoisotopic (exact) mass is 452 g/mol. The summed E-state index contributed by atoms with van der Waals surface area (Å²) in [6.07, 6.45) is 4.20. The fourth-order valence-corrected chi connectivity index (χ4v) is 5.26. The first kappa shape index (κ1) is 21.5.